The number of benzene rings is 1. The minimum atomic E-state index is -0.499. The van der Waals surface area contributed by atoms with Gasteiger partial charge in [0.1, 0.15) is 5.82 Å². The third-order valence-corrected chi connectivity index (χ3v) is 4.21. The van der Waals surface area contributed by atoms with Crippen LogP contribution < -0.4 is 10.2 Å². The highest BCUT2D eigenvalue weighted by Crippen LogP contribution is 2.24. The van der Waals surface area contributed by atoms with Crippen molar-refractivity contribution in [2.45, 2.75) is 19.8 Å². The summed E-state index contributed by atoms with van der Waals surface area (Å²) in [5.41, 5.74) is 1.11. The van der Waals surface area contributed by atoms with Crippen LogP contribution in [0.5, 0.6) is 0 Å². The number of esters is 1. The lowest BCUT2D eigenvalue weighted by atomic mass is 10.2. The Bertz CT molecular complexity index is 795. The maximum atomic E-state index is 12.6. The summed E-state index contributed by atoms with van der Waals surface area (Å²) in [5, 5.41) is 3.06. The number of amides is 1. The molecule has 1 heterocycles. The highest BCUT2D eigenvalue weighted by Gasteiger charge is 2.14. The molecule has 0 aliphatic rings. The maximum Gasteiger partial charge on any atom is 0.337 e. The third kappa shape index (κ3) is 4.95. The van der Waals surface area contributed by atoms with E-state index in [9.17, 15) is 9.59 Å². The number of anilines is 2. The van der Waals surface area contributed by atoms with E-state index in [1.807, 2.05) is 11.9 Å². The molecule has 0 radical (unpaired) electrons. The van der Waals surface area contributed by atoms with Gasteiger partial charge in [0.05, 0.1) is 23.4 Å². The fourth-order valence-corrected chi connectivity index (χ4v) is 2.50. The number of nitrogens with zero attached hydrogens (tertiary/aromatic N) is 2. The second kappa shape index (κ2) is 9.20. The molecule has 2 aromatic rings. The number of pyridine rings is 1. The lowest BCUT2D eigenvalue weighted by molar-refractivity contribution is 0.0600. The first kappa shape index (κ1) is 19.7. The Morgan fingerprint density at radius 2 is 2.00 bits per heavy atom. The molecular formula is C19H22ClN3O3. The molecule has 0 aliphatic carbocycles. The molecule has 0 aliphatic heterocycles. The fraction of sp³-hybridized carbons (Fsp3) is 0.316. The number of hydrogen-bond donors (Lipinski definition) is 1. The molecule has 6 nitrogen and oxygen atoms in total. The Morgan fingerprint density at radius 3 is 2.69 bits per heavy atom. The van der Waals surface area contributed by atoms with Crippen LogP contribution in [0.4, 0.5) is 11.5 Å². The monoisotopic (exact) mass is 375 g/mol. The molecule has 0 saturated carbocycles. The zero-order valence-corrected chi connectivity index (χ0v) is 15.8. The Hall–Kier alpha value is -2.60. The van der Waals surface area contributed by atoms with Gasteiger partial charge in [0.25, 0.3) is 5.91 Å². The Morgan fingerprint density at radius 1 is 1.23 bits per heavy atom. The van der Waals surface area contributed by atoms with Gasteiger partial charge in [-0.3, -0.25) is 4.79 Å². The van der Waals surface area contributed by atoms with E-state index in [1.54, 1.807) is 24.4 Å². The van der Waals surface area contributed by atoms with E-state index in [0.29, 0.717) is 21.8 Å². The van der Waals surface area contributed by atoms with Crippen LogP contribution in [0.15, 0.2) is 36.5 Å². The fourth-order valence-electron chi connectivity index (χ4n) is 2.34. The minimum absolute atomic E-state index is 0.307. The van der Waals surface area contributed by atoms with Crippen LogP contribution in [0.3, 0.4) is 0 Å². The molecule has 26 heavy (non-hydrogen) atoms. The first-order valence-corrected chi connectivity index (χ1v) is 8.70. The smallest absolute Gasteiger partial charge is 0.337 e. The predicted octanol–water partition coefficient (Wildman–Crippen LogP) is 4.01. The molecule has 138 valence electrons. The second-order valence-corrected chi connectivity index (χ2v) is 6.23. The van der Waals surface area contributed by atoms with E-state index in [0.717, 1.165) is 25.2 Å². The standard InChI is InChI=1S/C19H22ClN3O3/c1-4-5-10-23(2)17-12-13(8-9-21-17)18(24)22-16-11-14(19(25)26-3)6-7-15(16)20/h6-9,11-12H,4-5,10H2,1-3H3,(H,22,24). The first-order chi connectivity index (χ1) is 12.5. The molecule has 0 saturated heterocycles. The summed E-state index contributed by atoms with van der Waals surface area (Å²) in [6.07, 6.45) is 3.73. The van der Waals surface area contributed by atoms with E-state index in [1.165, 1.54) is 19.2 Å². The largest absolute Gasteiger partial charge is 0.465 e. The normalized spacial score (nSPS) is 10.3. The van der Waals surface area contributed by atoms with Gasteiger partial charge in [0.2, 0.25) is 0 Å². The van der Waals surface area contributed by atoms with Gasteiger partial charge < -0.3 is 15.0 Å². The van der Waals surface area contributed by atoms with Crippen LogP contribution >= 0.6 is 11.6 Å². The minimum Gasteiger partial charge on any atom is -0.465 e. The van der Waals surface area contributed by atoms with Gasteiger partial charge in [-0.2, -0.15) is 0 Å². The van der Waals surface area contributed by atoms with Gasteiger partial charge in [0.15, 0.2) is 0 Å². The predicted molar refractivity (Wildman–Crippen MR) is 103 cm³/mol. The maximum absolute atomic E-state index is 12.6. The van der Waals surface area contributed by atoms with Gasteiger partial charge in [-0.1, -0.05) is 24.9 Å². The molecule has 2 rings (SSSR count). The molecule has 0 fully saturated rings. The van der Waals surface area contributed by atoms with E-state index < -0.39 is 5.97 Å². The van der Waals surface area contributed by atoms with Crippen molar-refractivity contribution in [2.75, 3.05) is 30.9 Å². The molecule has 1 amide bonds. The van der Waals surface area contributed by atoms with E-state index in [-0.39, 0.29) is 5.91 Å². The number of aromatic nitrogens is 1. The number of hydrogen-bond acceptors (Lipinski definition) is 5. The summed E-state index contributed by atoms with van der Waals surface area (Å²) >= 11 is 6.13. The molecule has 1 N–H and O–H groups in total. The molecule has 0 unspecified atom stereocenters. The van der Waals surface area contributed by atoms with Gasteiger partial charge in [0, 0.05) is 25.4 Å². The number of carbonyl (C=O) groups excluding carboxylic acids is 2. The molecule has 1 aromatic carbocycles. The van der Waals surface area contributed by atoms with Crippen LogP contribution in [0.2, 0.25) is 5.02 Å². The highest BCUT2D eigenvalue weighted by molar-refractivity contribution is 6.34. The van der Waals surface area contributed by atoms with Crippen LogP contribution in [-0.2, 0) is 4.74 Å². The van der Waals surface area contributed by atoms with Crippen LogP contribution in [0.1, 0.15) is 40.5 Å². The summed E-state index contributed by atoms with van der Waals surface area (Å²) in [5.74, 6) is -0.108. The van der Waals surface area contributed by atoms with Crippen LogP contribution in [0.25, 0.3) is 0 Å². The summed E-state index contributed by atoms with van der Waals surface area (Å²) in [6, 6.07) is 7.92. The summed E-state index contributed by atoms with van der Waals surface area (Å²) in [6.45, 7) is 2.99. The zero-order chi connectivity index (χ0) is 19.1. The van der Waals surface area contributed by atoms with Gasteiger partial charge in [-0.05, 0) is 36.8 Å². The first-order valence-electron chi connectivity index (χ1n) is 8.32. The Labute approximate surface area is 158 Å². The average Bonchev–Trinajstić information content (AvgIpc) is 2.67. The molecular weight excluding hydrogens is 354 g/mol. The Kier molecular flexibility index (Phi) is 6.97. The van der Waals surface area contributed by atoms with Crippen molar-refractivity contribution in [3.05, 3.63) is 52.7 Å². The van der Waals surface area contributed by atoms with E-state index in [4.69, 9.17) is 11.6 Å². The van der Waals surface area contributed by atoms with Crippen molar-refractivity contribution in [2.24, 2.45) is 0 Å². The summed E-state index contributed by atoms with van der Waals surface area (Å²) < 4.78 is 4.69. The number of unbranched alkanes of at least 4 members (excludes halogenated alkanes) is 1. The summed E-state index contributed by atoms with van der Waals surface area (Å²) in [4.78, 5) is 30.5. The SMILES string of the molecule is CCCCN(C)c1cc(C(=O)Nc2cc(C(=O)OC)ccc2Cl)ccn1. The third-order valence-electron chi connectivity index (χ3n) is 3.88. The summed E-state index contributed by atoms with van der Waals surface area (Å²) in [7, 11) is 3.24. The molecule has 0 spiro atoms. The van der Waals surface area contributed by atoms with Crippen molar-refractivity contribution in [3.8, 4) is 0 Å². The van der Waals surface area contributed by atoms with Crippen molar-refractivity contribution < 1.29 is 14.3 Å². The molecule has 1 aromatic heterocycles. The van der Waals surface area contributed by atoms with Crippen LogP contribution in [0, 0.1) is 0 Å². The van der Waals surface area contributed by atoms with Crippen molar-refractivity contribution in [1.82, 2.24) is 4.98 Å². The van der Waals surface area contributed by atoms with E-state index in [2.05, 4.69) is 22.0 Å². The molecule has 7 heteroatoms. The number of carbonyl (C=O) groups is 2. The topological polar surface area (TPSA) is 71.5 Å². The quantitative estimate of drug-likeness (QED) is 0.740. The number of rotatable bonds is 7. The number of nitrogens with one attached hydrogen (secondary N) is 1. The van der Waals surface area contributed by atoms with Crippen LogP contribution in [-0.4, -0.2) is 37.6 Å². The molecule has 0 bridgehead atoms. The van der Waals surface area contributed by atoms with Crippen molar-refractivity contribution in [1.29, 1.82) is 0 Å². The zero-order valence-electron chi connectivity index (χ0n) is 15.1. The van der Waals surface area contributed by atoms with Gasteiger partial charge in [-0.15, -0.1) is 0 Å². The van der Waals surface area contributed by atoms with Gasteiger partial charge in [-0.25, -0.2) is 9.78 Å². The Balaban J connectivity index is 2.19. The number of methoxy groups -OCH3 is 1. The number of ether oxygens (including phenoxy) is 1. The highest BCUT2D eigenvalue weighted by atomic mass is 35.5. The lowest BCUT2D eigenvalue weighted by Gasteiger charge is -2.18. The number of halogens is 1. The van der Waals surface area contributed by atoms with E-state index >= 15 is 0 Å². The average molecular weight is 376 g/mol. The van der Waals surface area contributed by atoms with Crippen molar-refractivity contribution >= 4 is 35.0 Å². The lowest BCUT2D eigenvalue weighted by Crippen LogP contribution is -2.20. The van der Waals surface area contributed by atoms with Crippen molar-refractivity contribution in [3.63, 3.8) is 0 Å². The van der Waals surface area contributed by atoms with Gasteiger partial charge >= 0.3 is 5.97 Å². The molecule has 0 atom stereocenters. The second-order valence-electron chi connectivity index (χ2n) is 5.82.